The summed E-state index contributed by atoms with van der Waals surface area (Å²) in [6.07, 6.45) is 0. The topological polar surface area (TPSA) is 12.5 Å². The number of thiophene rings is 1. The number of nitrogens with zero attached hydrogens (tertiary/aromatic N) is 1. The zero-order valence-corrected chi connectivity index (χ0v) is 31.1. The molecule has 1 aromatic heterocycles. The molecule has 0 amide bonds. The lowest BCUT2D eigenvalue weighted by atomic mass is 9.65. The SMILES string of the molecule is c1ccc(-c2ccccc2N(c2ccc3c(c2)C2(c4ccccc4Oc4ccc5ccccc5c42)c2ccccc2-3)c2cccc3sc4ccccc4c23)cc1. The van der Waals surface area contributed by atoms with E-state index < -0.39 is 5.41 Å². The third-order valence-corrected chi connectivity index (χ3v) is 13.1. The second kappa shape index (κ2) is 12.0. The van der Waals surface area contributed by atoms with E-state index in [1.807, 2.05) is 11.3 Å². The second-order valence-corrected chi connectivity index (χ2v) is 15.8. The largest absolute Gasteiger partial charge is 0.457 e. The van der Waals surface area contributed by atoms with Crippen molar-refractivity contribution < 1.29 is 4.74 Å². The van der Waals surface area contributed by atoms with Crippen LogP contribution in [0, 0.1) is 0 Å². The summed E-state index contributed by atoms with van der Waals surface area (Å²) in [7, 11) is 0. The summed E-state index contributed by atoms with van der Waals surface area (Å²) in [5.74, 6) is 1.79. The normalized spacial score (nSPS) is 15.0. The number of hydrogen-bond acceptors (Lipinski definition) is 3. The third kappa shape index (κ3) is 4.32. The van der Waals surface area contributed by atoms with Crippen molar-refractivity contribution in [2.45, 2.75) is 5.41 Å². The Bertz CT molecular complexity index is 3200. The highest BCUT2D eigenvalue weighted by molar-refractivity contribution is 7.26. The van der Waals surface area contributed by atoms with Gasteiger partial charge in [-0.25, -0.2) is 0 Å². The molecule has 2 heterocycles. The molecule has 1 unspecified atom stereocenters. The predicted octanol–water partition coefficient (Wildman–Crippen LogP) is 14.8. The van der Waals surface area contributed by atoms with Crippen molar-refractivity contribution in [2.24, 2.45) is 0 Å². The minimum atomic E-state index is -0.626. The van der Waals surface area contributed by atoms with Crippen LogP contribution in [0.4, 0.5) is 17.1 Å². The summed E-state index contributed by atoms with van der Waals surface area (Å²) in [4.78, 5) is 2.51. The van der Waals surface area contributed by atoms with Crippen LogP contribution >= 0.6 is 11.3 Å². The van der Waals surface area contributed by atoms with E-state index in [4.69, 9.17) is 4.74 Å². The molecule has 2 aliphatic rings. The monoisotopic (exact) mass is 731 g/mol. The fourth-order valence-electron chi connectivity index (χ4n) is 9.69. The van der Waals surface area contributed by atoms with Gasteiger partial charge in [0, 0.05) is 42.6 Å². The van der Waals surface area contributed by atoms with Crippen LogP contribution in [0.5, 0.6) is 11.5 Å². The van der Waals surface area contributed by atoms with Gasteiger partial charge in [0.15, 0.2) is 0 Å². The number of anilines is 3. The van der Waals surface area contributed by atoms with Crippen LogP contribution in [0.15, 0.2) is 200 Å². The average molecular weight is 732 g/mol. The lowest BCUT2D eigenvalue weighted by molar-refractivity contribution is 0.438. The maximum Gasteiger partial charge on any atom is 0.132 e. The maximum absolute atomic E-state index is 6.85. The number of rotatable bonds is 4. The van der Waals surface area contributed by atoms with E-state index in [2.05, 4.69) is 205 Å². The fourth-order valence-corrected chi connectivity index (χ4v) is 10.8. The van der Waals surface area contributed by atoms with Crippen molar-refractivity contribution in [3.8, 4) is 33.8 Å². The van der Waals surface area contributed by atoms with E-state index >= 15 is 0 Å². The first kappa shape index (κ1) is 31.4. The highest BCUT2D eigenvalue weighted by Crippen LogP contribution is 2.64. The van der Waals surface area contributed by atoms with Crippen LogP contribution in [0.2, 0.25) is 0 Å². The number of ether oxygens (including phenoxy) is 1. The third-order valence-electron chi connectivity index (χ3n) is 11.9. The van der Waals surface area contributed by atoms with Crippen molar-refractivity contribution in [1.29, 1.82) is 0 Å². The van der Waals surface area contributed by atoms with E-state index in [-0.39, 0.29) is 0 Å². The Morgan fingerprint density at radius 1 is 0.429 bits per heavy atom. The Hall–Kier alpha value is -6.94. The van der Waals surface area contributed by atoms with Crippen LogP contribution in [0.3, 0.4) is 0 Å². The van der Waals surface area contributed by atoms with Gasteiger partial charge in [-0.3, -0.25) is 0 Å². The van der Waals surface area contributed by atoms with Gasteiger partial charge in [0.1, 0.15) is 11.5 Å². The molecule has 0 saturated carbocycles. The number of benzene rings is 9. The molecule has 12 rings (SSSR count). The quantitative estimate of drug-likeness (QED) is 0.179. The summed E-state index contributed by atoms with van der Waals surface area (Å²) in [6, 6.07) is 73.2. The zero-order valence-electron chi connectivity index (χ0n) is 30.3. The highest BCUT2D eigenvalue weighted by atomic mass is 32.1. The first-order chi connectivity index (χ1) is 27.8. The Morgan fingerprint density at radius 3 is 2.02 bits per heavy atom. The molecular weight excluding hydrogens is 699 g/mol. The molecule has 1 spiro atoms. The van der Waals surface area contributed by atoms with Gasteiger partial charge in [-0.1, -0.05) is 152 Å². The minimum Gasteiger partial charge on any atom is -0.457 e. The maximum atomic E-state index is 6.85. The van der Waals surface area contributed by atoms with Gasteiger partial charge in [0.2, 0.25) is 0 Å². The first-order valence-electron chi connectivity index (χ1n) is 19.2. The van der Waals surface area contributed by atoms with Gasteiger partial charge < -0.3 is 9.64 Å². The van der Waals surface area contributed by atoms with Crippen molar-refractivity contribution in [3.63, 3.8) is 0 Å². The molecule has 1 atom stereocenters. The van der Waals surface area contributed by atoms with Gasteiger partial charge in [0.25, 0.3) is 0 Å². The van der Waals surface area contributed by atoms with Crippen LogP contribution < -0.4 is 9.64 Å². The Morgan fingerprint density at radius 2 is 1.11 bits per heavy atom. The summed E-state index contributed by atoms with van der Waals surface area (Å²) in [6.45, 7) is 0. The standard InChI is InChI=1S/C53H33NOS/c1-2-15-34(16-3-1)37-18-7-11-24-45(37)54(46-25-14-28-50-51(46)41-21-8-13-27-49(41)56-50)36-30-31-40-39-20-6-9-22-42(39)53(44(40)33-36)43-23-10-12-26-47(43)55-48-32-29-35-17-4-5-19-38(35)52(48)53/h1-33H. The number of fused-ring (bicyclic) bond motifs is 14. The van der Waals surface area contributed by atoms with Crippen LogP contribution in [0.25, 0.3) is 53.2 Å². The van der Waals surface area contributed by atoms with Gasteiger partial charge in [-0.05, 0) is 87.1 Å². The molecule has 10 aromatic rings. The molecule has 9 aromatic carbocycles. The van der Waals surface area contributed by atoms with Gasteiger partial charge in [-0.2, -0.15) is 0 Å². The molecule has 0 N–H and O–H groups in total. The molecule has 1 aliphatic heterocycles. The molecular formula is C53H33NOS. The average Bonchev–Trinajstić information content (AvgIpc) is 3.78. The fraction of sp³-hybridized carbons (Fsp3) is 0.0189. The molecule has 0 radical (unpaired) electrons. The second-order valence-electron chi connectivity index (χ2n) is 14.8. The Labute approximate surface area is 329 Å². The molecule has 0 fully saturated rings. The Balaban J connectivity index is 1.21. The van der Waals surface area contributed by atoms with Crippen LogP contribution in [-0.4, -0.2) is 0 Å². The van der Waals surface area contributed by atoms with Gasteiger partial charge in [0.05, 0.1) is 16.8 Å². The zero-order chi connectivity index (χ0) is 36.8. The van der Waals surface area contributed by atoms with E-state index in [1.54, 1.807) is 0 Å². The first-order valence-corrected chi connectivity index (χ1v) is 20.0. The summed E-state index contributed by atoms with van der Waals surface area (Å²) in [5.41, 5.74) is 12.5. The summed E-state index contributed by atoms with van der Waals surface area (Å²) in [5, 5.41) is 4.94. The molecule has 0 bridgehead atoms. The van der Waals surface area contributed by atoms with E-state index in [0.29, 0.717) is 0 Å². The lowest BCUT2D eigenvalue weighted by Gasteiger charge is -2.40. The number of hydrogen-bond donors (Lipinski definition) is 0. The molecule has 56 heavy (non-hydrogen) atoms. The molecule has 2 nitrogen and oxygen atoms in total. The minimum absolute atomic E-state index is 0.626. The van der Waals surface area contributed by atoms with Crippen molar-refractivity contribution in [2.75, 3.05) is 4.90 Å². The molecule has 1 aliphatic carbocycles. The number of para-hydroxylation sites is 2. The molecule has 0 saturated heterocycles. The highest BCUT2D eigenvalue weighted by Gasteiger charge is 2.52. The van der Waals surface area contributed by atoms with E-state index in [0.717, 1.165) is 34.1 Å². The lowest BCUT2D eigenvalue weighted by Crippen LogP contribution is -2.32. The van der Waals surface area contributed by atoms with Crippen LogP contribution in [0.1, 0.15) is 22.3 Å². The van der Waals surface area contributed by atoms with E-state index in [1.165, 1.54) is 69.9 Å². The van der Waals surface area contributed by atoms with Gasteiger partial charge >= 0.3 is 0 Å². The van der Waals surface area contributed by atoms with Crippen molar-refractivity contribution >= 4 is 59.3 Å². The molecule has 262 valence electrons. The smallest absolute Gasteiger partial charge is 0.132 e. The molecule has 3 heteroatoms. The van der Waals surface area contributed by atoms with Gasteiger partial charge in [-0.15, -0.1) is 11.3 Å². The van der Waals surface area contributed by atoms with Crippen LogP contribution in [-0.2, 0) is 5.41 Å². The van der Waals surface area contributed by atoms with Crippen molar-refractivity contribution in [1.82, 2.24) is 0 Å². The van der Waals surface area contributed by atoms with E-state index in [9.17, 15) is 0 Å². The summed E-state index contributed by atoms with van der Waals surface area (Å²) < 4.78 is 9.42. The van der Waals surface area contributed by atoms with Crippen molar-refractivity contribution in [3.05, 3.63) is 222 Å². The summed E-state index contributed by atoms with van der Waals surface area (Å²) >= 11 is 1.86. The predicted molar refractivity (Wildman–Crippen MR) is 234 cm³/mol. The Kier molecular flexibility index (Phi) is 6.75.